The molecule has 0 amide bonds. The second-order valence-electron chi connectivity index (χ2n) is 5.72. The van der Waals surface area contributed by atoms with Crippen LogP contribution in [0.1, 0.15) is 21.9 Å². The Bertz CT molecular complexity index is 672. The normalized spacial score (nSPS) is 17.4. The van der Waals surface area contributed by atoms with Crippen molar-refractivity contribution in [2.75, 3.05) is 33.2 Å². The average Bonchev–Trinajstić information content (AvgIpc) is 2.80. The van der Waals surface area contributed by atoms with Crippen LogP contribution < -0.4 is 0 Å². The van der Waals surface area contributed by atoms with Gasteiger partial charge in [0, 0.05) is 32.4 Å². The highest BCUT2D eigenvalue weighted by Crippen LogP contribution is 2.17. The lowest BCUT2D eigenvalue weighted by Crippen LogP contribution is -2.44. The van der Waals surface area contributed by atoms with Crippen LogP contribution in [-0.2, 0) is 6.54 Å². The number of piperazine rings is 1. The molecule has 3 heterocycles. The average molecular weight is 288 g/mol. The van der Waals surface area contributed by atoms with E-state index in [2.05, 4.69) is 21.8 Å². The third kappa shape index (κ3) is 2.77. The van der Waals surface area contributed by atoms with Gasteiger partial charge in [0.25, 0.3) is 0 Å². The Balaban J connectivity index is 1.94. The summed E-state index contributed by atoms with van der Waals surface area (Å²) in [5.74, 6) is -0.170. The second-order valence-corrected chi connectivity index (χ2v) is 5.72. The van der Waals surface area contributed by atoms with E-state index in [1.54, 1.807) is 0 Å². The molecule has 2 aromatic rings. The maximum Gasteiger partial charge on any atom is 0.356 e. The van der Waals surface area contributed by atoms with E-state index in [-0.39, 0.29) is 5.69 Å². The monoisotopic (exact) mass is 288 g/mol. The Morgan fingerprint density at radius 2 is 2.00 bits per heavy atom. The van der Waals surface area contributed by atoms with Crippen LogP contribution in [0, 0.1) is 6.92 Å². The molecule has 1 saturated heterocycles. The minimum atomic E-state index is -0.971. The summed E-state index contributed by atoms with van der Waals surface area (Å²) < 4.78 is 1.91. The second kappa shape index (κ2) is 5.46. The quantitative estimate of drug-likeness (QED) is 0.916. The van der Waals surface area contributed by atoms with Gasteiger partial charge >= 0.3 is 5.97 Å². The van der Waals surface area contributed by atoms with Gasteiger partial charge in [-0.15, -0.1) is 0 Å². The highest BCUT2D eigenvalue weighted by atomic mass is 16.4. The van der Waals surface area contributed by atoms with Crippen LogP contribution in [0.25, 0.3) is 5.52 Å². The maximum atomic E-state index is 11.4. The lowest BCUT2D eigenvalue weighted by atomic mass is 10.2. The van der Waals surface area contributed by atoms with Gasteiger partial charge in [0.2, 0.25) is 0 Å². The van der Waals surface area contributed by atoms with E-state index < -0.39 is 5.97 Å². The van der Waals surface area contributed by atoms with Crippen molar-refractivity contribution in [2.24, 2.45) is 0 Å². The fraction of sp³-hybridized carbons (Fsp3) is 0.467. The lowest BCUT2D eigenvalue weighted by molar-refractivity contribution is 0.0693. The Labute approximate surface area is 123 Å². The summed E-state index contributed by atoms with van der Waals surface area (Å²) in [5.41, 5.74) is 1.90. The van der Waals surface area contributed by atoms with Gasteiger partial charge in [-0.1, -0.05) is 6.07 Å². The number of nitrogens with zero attached hydrogens (tertiary/aromatic N) is 4. The first-order chi connectivity index (χ1) is 10.0. The molecular weight excluding hydrogens is 268 g/mol. The van der Waals surface area contributed by atoms with Gasteiger partial charge in [-0.25, -0.2) is 9.78 Å². The van der Waals surface area contributed by atoms with E-state index in [1.165, 1.54) is 0 Å². The Morgan fingerprint density at radius 1 is 1.29 bits per heavy atom. The minimum absolute atomic E-state index is 0.138. The molecule has 1 aliphatic heterocycles. The van der Waals surface area contributed by atoms with Crippen LogP contribution in [0.4, 0.5) is 0 Å². The van der Waals surface area contributed by atoms with Crippen molar-refractivity contribution in [3.63, 3.8) is 0 Å². The predicted molar refractivity (Wildman–Crippen MR) is 79.7 cm³/mol. The number of aryl methyl sites for hydroxylation is 1. The number of imidazole rings is 1. The van der Waals surface area contributed by atoms with Crippen molar-refractivity contribution in [1.29, 1.82) is 0 Å². The van der Waals surface area contributed by atoms with E-state index in [9.17, 15) is 9.90 Å². The molecule has 1 aliphatic rings. The summed E-state index contributed by atoms with van der Waals surface area (Å²) in [6, 6.07) is 3.75. The number of rotatable bonds is 3. The molecule has 1 fully saturated rings. The standard InChI is InChI=1S/C15H20N4O2/c1-11-3-4-12-14(15(20)21)16-13(19(12)9-11)10-18-7-5-17(2)6-8-18/h3-4,9H,5-8,10H2,1-2H3,(H,20,21). The minimum Gasteiger partial charge on any atom is -0.476 e. The van der Waals surface area contributed by atoms with Crippen LogP contribution in [0.5, 0.6) is 0 Å². The molecule has 2 aromatic heterocycles. The maximum absolute atomic E-state index is 11.4. The highest BCUT2D eigenvalue weighted by molar-refractivity contribution is 5.93. The molecule has 0 unspecified atom stereocenters. The zero-order valence-corrected chi connectivity index (χ0v) is 12.4. The van der Waals surface area contributed by atoms with Crippen molar-refractivity contribution in [1.82, 2.24) is 19.2 Å². The Morgan fingerprint density at radius 3 is 2.67 bits per heavy atom. The molecule has 3 rings (SSSR count). The Kier molecular flexibility index (Phi) is 3.65. The fourth-order valence-electron chi connectivity index (χ4n) is 2.73. The first-order valence-electron chi connectivity index (χ1n) is 7.16. The molecule has 0 bridgehead atoms. The molecule has 0 aromatic carbocycles. The molecule has 0 spiro atoms. The first kappa shape index (κ1) is 14.0. The molecule has 0 radical (unpaired) electrons. The number of hydrogen-bond donors (Lipinski definition) is 1. The first-order valence-corrected chi connectivity index (χ1v) is 7.16. The summed E-state index contributed by atoms with van der Waals surface area (Å²) >= 11 is 0. The number of carboxylic acid groups (broad SMARTS) is 1. The number of aromatic carboxylic acids is 1. The van der Waals surface area contributed by atoms with Gasteiger partial charge in [0.1, 0.15) is 5.82 Å². The third-order valence-electron chi connectivity index (χ3n) is 4.02. The molecule has 112 valence electrons. The summed E-state index contributed by atoms with van der Waals surface area (Å²) in [7, 11) is 2.12. The molecule has 6 nitrogen and oxygen atoms in total. The Hall–Kier alpha value is -1.92. The van der Waals surface area contributed by atoms with E-state index in [0.29, 0.717) is 12.1 Å². The number of pyridine rings is 1. The molecule has 0 saturated carbocycles. The number of carboxylic acids is 1. The molecule has 1 N–H and O–H groups in total. The summed E-state index contributed by atoms with van der Waals surface area (Å²) in [6.07, 6.45) is 1.96. The third-order valence-corrected chi connectivity index (χ3v) is 4.02. The van der Waals surface area contributed by atoms with Crippen molar-refractivity contribution >= 4 is 11.5 Å². The van der Waals surface area contributed by atoms with Crippen molar-refractivity contribution in [3.05, 3.63) is 35.4 Å². The molecule has 0 atom stereocenters. The molecule has 0 aliphatic carbocycles. The number of carbonyl (C=O) groups is 1. The molecule has 6 heteroatoms. The zero-order chi connectivity index (χ0) is 15.0. The predicted octanol–water partition coefficient (Wildman–Crippen LogP) is 1.09. The SMILES string of the molecule is Cc1ccc2c(C(=O)O)nc(CN3CCN(C)CC3)n2c1. The summed E-state index contributed by atoms with van der Waals surface area (Å²) in [6.45, 7) is 6.73. The van der Waals surface area contributed by atoms with Gasteiger partial charge in [-0.2, -0.15) is 0 Å². The smallest absolute Gasteiger partial charge is 0.356 e. The van der Waals surface area contributed by atoms with Gasteiger partial charge < -0.3 is 14.4 Å². The zero-order valence-electron chi connectivity index (χ0n) is 12.4. The molecular formula is C15H20N4O2. The van der Waals surface area contributed by atoms with Crippen LogP contribution in [0.2, 0.25) is 0 Å². The number of likely N-dealkylation sites (N-methyl/N-ethyl adjacent to an activating group) is 1. The molecule has 21 heavy (non-hydrogen) atoms. The van der Waals surface area contributed by atoms with Crippen molar-refractivity contribution < 1.29 is 9.90 Å². The highest BCUT2D eigenvalue weighted by Gasteiger charge is 2.20. The van der Waals surface area contributed by atoms with Crippen LogP contribution in [0.15, 0.2) is 18.3 Å². The van der Waals surface area contributed by atoms with E-state index in [1.807, 2.05) is 29.7 Å². The van der Waals surface area contributed by atoms with Crippen LogP contribution in [-0.4, -0.2) is 63.5 Å². The topological polar surface area (TPSA) is 61.1 Å². The van der Waals surface area contributed by atoms with Gasteiger partial charge in [0.05, 0.1) is 12.1 Å². The van der Waals surface area contributed by atoms with Crippen molar-refractivity contribution in [3.8, 4) is 0 Å². The van der Waals surface area contributed by atoms with E-state index >= 15 is 0 Å². The lowest BCUT2D eigenvalue weighted by Gasteiger charge is -2.31. The van der Waals surface area contributed by atoms with E-state index in [0.717, 1.165) is 37.6 Å². The number of hydrogen-bond acceptors (Lipinski definition) is 4. The fourth-order valence-corrected chi connectivity index (χ4v) is 2.73. The largest absolute Gasteiger partial charge is 0.476 e. The van der Waals surface area contributed by atoms with Crippen LogP contribution >= 0.6 is 0 Å². The van der Waals surface area contributed by atoms with Crippen LogP contribution in [0.3, 0.4) is 0 Å². The van der Waals surface area contributed by atoms with Gasteiger partial charge in [-0.05, 0) is 25.6 Å². The van der Waals surface area contributed by atoms with Crippen molar-refractivity contribution in [2.45, 2.75) is 13.5 Å². The summed E-state index contributed by atoms with van der Waals surface area (Å²) in [4.78, 5) is 20.3. The summed E-state index contributed by atoms with van der Waals surface area (Å²) in [5, 5.41) is 9.31. The van der Waals surface area contributed by atoms with Gasteiger partial charge in [0.15, 0.2) is 5.69 Å². The van der Waals surface area contributed by atoms with E-state index in [4.69, 9.17) is 0 Å². The van der Waals surface area contributed by atoms with Gasteiger partial charge in [-0.3, -0.25) is 4.90 Å². The number of fused-ring (bicyclic) bond motifs is 1. The number of aromatic nitrogens is 2.